The van der Waals surface area contributed by atoms with E-state index in [9.17, 15) is 19.5 Å². The highest BCUT2D eigenvalue weighted by molar-refractivity contribution is 5.86. The van der Waals surface area contributed by atoms with Crippen molar-refractivity contribution in [3.63, 3.8) is 0 Å². The first-order valence-electron chi connectivity index (χ1n) is 11.8. The Balaban J connectivity index is 1.35. The van der Waals surface area contributed by atoms with E-state index in [1.54, 1.807) is 11.8 Å². The van der Waals surface area contributed by atoms with Crippen LogP contribution in [0, 0.1) is 0 Å². The number of alkyl carbamates (subject to hydrolysis) is 1. The van der Waals surface area contributed by atoms with Crippen LogP contribution in [0.2, 0.25) is 0 Å². The van der Waals surface area contributed by atoms with E-state index in [2.05, 4.69) is 17.4 Å². The average Bonchev–Trinajstić information content (AvgIpc) is 3.20. The predicted molar refractivity (Wildman–Crippen MR) is 129 cm³/mol. The molecule has 1 heterocycles. The first kappa shape index (κ1) is 24.7. The smallest absolute Gasteiger partial charge is 0.407 e. The van der Waals surface area contributed by atoms with E-state index < -0.39 is 24.1 Å². The number of carbonyl (C=O) groups excluding carboxylic acids is 2. The number of carboxylic acid groups (broad SMARTS) is 1. The summed E-state index contributed by atoms with van der Waals surface area (Å²) in [6.45, 7) is 3.44. The van der Waals surface area contributed by atoms with Gasteiger partial charge >= 0.3 is 12.1 Å². The van der Waals surface area contributed by atoms with E-state index in [-0.39, 0.29) is 25.0 Å². The number of carboxylic acids is 1. The SMILES string of the molecule is COC[C@H](NC(=O)OCC1c2ccccc2-c2ccccc21)C(=O)N1CCN(C(C)C(=O)O)CC1. The summed E-state index contributed by atoms with van der Waals surface area (Å²) in [4.78, 5) is 40.4. The molecular weight excluding hydrogens is 450 g/mol. The van der Waals surface area contributed by atoms with Crippen LogP contribution in [0.3, 0.4) is 0 Å². The molecule has 1 fully saturated rings. The van der Waals surface area contributed by atoms with Crippen molar-refractivity contribution < 1.29 is 29.0 Å². The van der Waals surface area contributed by atoms with Crippen molar-refractivity contribution in [2.45, 2.75) is 24.9 Å². The quantitative estimate of drug-likeness (QED) is 0.595. The summed E-state index contributed by atoms with van der Waals surface area (Å²) in [5, 5.41) is 11.9. The molecule has 1 saturated heterocycles. The monoisotopic (exact) mass is 481 g/mol. The third-order valence-electron chi connectivity index (χ3n) is 6.80. The highest BCUT2D eigenvalue weighted by atomic mass is 16.5. The van der Waals surface area contributed by atoms with Crippen molar-refractivity contribution in [2.75, 3.05) is 46.5 Å². The molecule has 2 aromatic carbocycles. The van der Waals surface area contributed by atoms with Gasteiger partial charge in [0.2, 0.25) is 5.91 Å². The van der Waals surface area contributed by atoms with Crippen LogP contribution >= 0.6 is 0 Å². The minimum Gasteiger partial charge on any atom is -0.480 e. The van der Waals surface area contributed by atoms with Gasteiger partial charge in [0.25, 0.3) is 0 Å². The standard InChI is InChI=1S/C26H31N3O6/c1-17(25(31)32)28-11-13-29(14-12-28)24(30)23(16-34-2)27-26(33)35-15-22-20-9-5-3-7-18(20)19-8-4-6-10-21(19)22/h3-10,17,22-23H,11-16H2,1-2H3,(H,27,33)(H,31,32)/t17?,23-/m0/s1. The predicted octanol–water partition coefficient (Wildman–Crippen LogP) is 2.16. The lowest BCUT2D eigenvalue weighted by molar-refractivity contribution is -0.144. The largest absolute Gasteiger partial charge is 0.480 e. The number of aliphatic carboxylic acids is 1. The Morgan fingerprint density at radius 3 is 2.11 bits per heavy atom. The van der Waals surface area contributed by atoms with Gasteiger partial charge in [-0.3, -0.25) is 14.5 Å². The molecule has 186 valence electrons. The summed E-state index contributed by atoms with van der Waals surface area (Å²) in [5.74, 6) is -1.24. The van der Waals surface area contributed by atoms with Crippen LogP contribution in [0.5, 0.6) is 0 Å². The van der Waals surface area contributed by atoms with Crippen molar-refractivity contribution in [1.29, 1.82) is 0 Å². The Morgan fingerprint density at radius 1 is 1.00 bits per heavy atom. The summed E-state index contributed by atoms with van der Waals surface area (Å²) in [5.41, 5.74) is 4.50. The Labute approximate surface area is 204 Å². The van der Waals surface area contributed by atoms with Gasteiger partial charge in [0, 0.05) is 39.2 Å². The van der Waals surface area contributed by atoms with Crippen LogP contribution in [0.1, 0.15) is 24.0 Å². The van der Waals surface area contributed by atoms with Crippen molar-refractivity contribution in [3.8, 4) is 11.1 Å². The Morgan fingerprint density at radius 2 is 1.57 bits per heavy atom. The summed E-state index contributed by atoms with van der Waals surface area (Å²) >= 11 is 0. The number of amides is 2. The highest BCUT2D eigenvalue weighted by Gasteiger charge is 2.33. The number of methoxy groups -OCH3 is 1. The zero-order chi connectivity index (χ0) is 24.9. The van der Waals surface area contributed by atoms with Gasteiger partial charge in [-0.15, -0.1) is 0 Å². The van der Waals surface area contributed by atoms with Gasteiger partial charge in [0.05, 0.1) is 6.61 Å². The third-order valence-corrected chi connectivity index (χ3v) is 6.80. The van der Waals surface area contributed by atoms with E-state index in [1.165, 1.54) is 7.11 Å². The van der Waals surface area contributed by atoms with E-state index in [0.717, 1.165) is 22.3 Å². The molecule has 35 heavy (non-hydrogen) atoms. The lowest BCUT2D eigenvalue weighted by Crippen LogP contribution is -2.58. The lowest BCUT2D eigenvalue weighted by atomic mass is 9.98. The fourth-order valence-corrected chi connectivity index (χ4v) is 4.83. The minimum atomic E-state index is -0.890. The first-order chi connectivity index (χ1) is 16.9. The van der Waals surface area contributed by atoms with Crippen LogP contribution in [-0.4, -0.2) is 91.5 Å². The van der Waals surface area contributed by atoms with Crippen LogP contribution in [0.4, 0.5) is 4.79 Å². The molecule has 1 unspecified atom stereocenters. The molecule has 1 aliphatic heterocycles. The Kier molecular flexibility index (Phi) is 7.67. The van der Waals surface area contributed by atoms with Gasteiger partial charge in [-0.05, 0) is 29.2 Å². The molecule has 4 rings (SSSR count). The molecule has 9 nitrogen and oxygen atoms in total. The lowest BCUT2D eigenvalue weighted by Gasteiger charge is -2.37. The number of rotatable bonds is 8. The molecule has 0 saturated carbocycles. The van der Waals surface area contributed by atoms with Crippen molar-refractivity contribution in [3.05, 3.63) is 59.7 Å². The Bertz CT molecular complexity index is 1040. The molecule has 0 aromatic heterocycles. The topological polar surface area (TPSA) is 108 Å². The van der Waals surface area contributed by atoms with Crippen molar-refractivity contribution in [2.24, 2.45) is 0 Å². The molecule has 0 spiro atoms. The minimum absolute atomic E-state index is 0.00870. The van der Waals surface area contributed by atoms with Crippen molar-refractivity contribution in [1.82, 2.24) is 15.1 Å². The fraction of sp³-hybridized carbons (Fsp3) is 0.423. The van der Waals surface area contributed by atoms with E-state index >= 15 is 0 Å². The normalized spacial score (nSPS) is 17.3. The number of benzene rings is 2. The van der Waals surface area contributed by atoms with E-state index in [1.807, 2.05) is 41.3 Å². The molecule has 1 aliphatic carbocycles. The van der Waals surface area contributed by atoms with Crippen LogP contribution in [0.25, 0.3) is 11.1 Å². The summed E-state index contributed by atoms with van der Waals surface area (Å²) < 4.78 is 10.8. The van der Waals surface area contributed by atoms with E-state index in [4.69, 9.17) is 9.47 Å². The van der Waals surface area contributed by atoms with Crippen LogP contribution in [0.15, 0.2) is 48.5 Å². The Hall–Kier alpha value is -3.43. The molecule has 0 radical (unpaired) electrons. The molecular formula is C26H31N3O6. The molecule has 2 atom stereocenters. The molecule has 2 N–H and O–H groups in total. The van der Waals surface area contributed by atoms with Crippen LogP contribution in [-0.2, 0) is 19.1 Å². The summed E-state index contributed by atoms with van der Waals surface area (Å²) in [6.07, 6.45) is -0.680. The second-order valence-electron chi connectivity index (χ2n) is 8.85. The molecule has 0 bridgehead atoms. The van der Waals surface area contributed by atoms with Crippen LogP contribution < -0.4 is 5.32 Å². The zero-order valence-electron chi connectivity index (χ0n) is 20.0. The molecule has 9 heteroatoms. The molecule has 2 amide bonds. The first-order valence-corrected chi connectivity index (χ1v) is 11.8. The van der Waals surface area contributed by atoms with Gasteiger partial charge in [0.15, 0.2) is 0 Å². The highest BCUT2D eigenvalue weighted by Crippen LogP contribution is 2.44. The number of carbonyl (C=O) groups is 3. The maximum absolute atomic E-state index is 13.1. The number of ether oxygens (including phenoxy) is 2. The second kappa shape index (κ2) is 10.9. The van der Waals surface area contributed by atoms with E-state index in [0.29, 0.717) is 26.2 Å². The maximum atomic E-state index is 13.1. The number of nitrogens with zero attached hydrogens (tertiary/aromatic N) is 2. The zero-order valence-corrected chi connectivity index (χ0v) is 20.0. The number of nitrogens with one attached hydrogen (secondary N) is 1. The van der Waals surface area contributed by atoms with Gasteiger partial charge in [-0.25, -0.2) is 4.79 Å². The van der Waals surface area contributed by atoms with Crippen molar-refractivity contribution >= 4 is 18.0 Å². The number of hydrogen-bond acceptors (Lipinski definition) is 6. The second-order valence-corrected chi connectivity index (χ2v) is 8.85. The number of hydrogen-bond donors (Lipinski definition) is 2. The number of fused-ring (bicyclic) bond motifs is 3. The van der Waals surface area contributed by atoms with Gasteiger partial charge in [-0.2, -0.15) is 0 Å². The molecule has 2 aliphatic rings. The third kappa shape index (κ3) is 5.31. The molecule has 2 aromatic rings. The van der Waals surface area contributed by atoms with Gasteiger partial charge in [0.1, 0.15) is 18.7 Å². The maximum Gasteiger partial charge on any atom is 0.407 e. The number of piperazine rings is 1. The summed E-state index contributed by atoms with van der Waals surface area (Å²) in [6, 6.07) is 14.7. The summed E-state index contributed by atoms with van der Waals surface area (Å²) in [7, 11) is 1.46. The van der Waals surface area contributed by atoms with Gasteiger partial charge in [-0.1, -0.05) is 48.5 Å². The average molecular weight is 482 g/mol. The van der Waals surface area contributed by atoms with Gasteiger partial charge < -0.3 is 24.8 Å². The fourth-order valence-electron chi connectivity index (χ4n) is 4.83.